The van der Waals surface area contributed by atoms with Crippen LogP contribution in [-0.4, -0.2) is 42.3 Å². The van der Waals surface area contributed by atoms with E-state index >= 15 is 0 Å². The van der Waals surface area contributed by atoms with Crippen molar-refractivity contribution in [1.82, 2.24) is 9.97 Å². The van der Waals surface area contributed by atoms with Gasteiger partial charge in [0.2, 0.25) is 0 Å². The Labute approximate surface area is 109 Å². The van der Waals surface area contributed by atoms with Crippen molar-refractivity contribution in [2.45, 2.75) is 32.7 Å². The van der Waals surface area contributed by atoms with E-state index in [2.05, 4.69) is 34.0 Å². The Morgan fingerprint density at radius 1 is 1.44 bits per heavy atom. The van der Waals surface area contributed by atoms with E-state index in [0.717, 1.165) is 50.8 Å². The quantitative estimate of drug-likeness (QED) is 0.865. The lowest BCUT2D eigenvalue weighted by molar-refractivity contribution is 0.0925. The van der Waals surface area contributed by atoms with E-state index < -0.39 is 0 Å². The molecular formula is C13H22N4O. The summed E-state index contributed by atoms with van der Waals surface area (Å²) in [6, 6.07) is 0.412. The van der Waals surface area contributed by atoms with Gasteiger partial charge in [-0.25, -0.2) is 4.98 Å². The van der Waals surface area contributed by atoms with Crippen LogP contribution < -0.4 is 10.2 Å². The summed E-state index contributed by atoms with van der Waals surface area (Å²) >= 11 is 0. The fourth-order valence-corrected chi connectivity index (χ4v) is 2.13. The van der Waals surface area contributed by atoms with E-state index in [1.54, 1.807) is 6.20 Å². The minimum atomic E-state index is 0.412. The number of nitrogens with zero attached hydrogens (tertiary/aromatic N) is 3. The number of hydrogen-bond donors (Lipinski definition) is 1. The van der Waals surface area contributed by atoms with Crippen molar-refractivity contribution in [1.29, 1.82) is 0 Å². The van der Waals surface area contributed by atoms with Crippen LogP contribution in [0.3, 0.4) is 0 Å². The average Bonchev–Trinajstić information content (AvgIpc) is 2.45. The Morgan fingerprint density at radius 2 is 2.33 bits per heavy atom. The summed E-state index contributed by atoms with van der Waals surface area (Å²) in [4.78, 5) is 11.2. The maximum atomic E-state index is 5.51. The van der Waals surface area contributed by atoms with Crippen molar-refractivity contribution in [2.75, 3.05) is 36.5 Å². The normalized spacial score (nSPS) is 19.9. The molecule has 18 heavy (non-hydrogen) atoms. The molecule has 0 radical (unpaired) electrons. The van der Waals surface area contributed by atoms with Gasteiger partial charge in [-0.05, 0) is 12.8 Å². The number of hydrogen-bond acceptors (Lipinski definition) is 5. The second kappa shape index (κ2) is 6.54. The predicted molar refractivity (Wildman–Crippen MR) is 73.1 cm³/mol. The minimum Gasteiger partial charge on any atom is -0.377 e. The van der Waals surface area contributed by atoms with Gasteiger partial charge in [0.1, 0.15) is 11.6 Å². The summed E-state index contributed by atoms with van der Waals surface area (Å²) in [5.41, 5.74) is 0. The molecule has 1 aromatic rings. The molecule has 1 saturated heterocycles. The highest BCUT2D eigenvalue weighted by Crippen LogP contribution is 2.19. The highest BCUT2D eigenvalue weighted by Gasteiger charge is 2.22. The summed E-state index contributed by atoms with van der Waals surface area (Å²) in [6.07, 6.45) is 5.76. The van der Waals surface area contributed by atoms with Gasteiger partial charge in [-0.2, -0.15) is 0 Å². The summed E-state index contributed by atoms with van der Waals surface area (Å²) in [6.45, 7) is 7.69. The number of nitrogens with one attached hydrogen (secondary N) is 1. The van der Waals surface area contributed by atoms with Crippen LogP contribution in [0.5, 0.6) is 0 Å². The van der Waals surface area contributed by atoms with Gasteiger partial charge in [-0.1, -0.05) is 13.8 Å². The van der Waals surface area contributed by atoms with E-state index in [-0.39, 0.29) is 0 Å². The predicted octanol–water partition coefficient (Wildman–Crippen LogP) is 1.91. The molecule has 1 aliphatic rings. The topological polar surface area (TPSA) is 50.3 Å². The SMILES string of the molecule is CCCNc1cncc(N2CCOCC2CC)n1. The monoisotopic (exact) mass is 250 g/mol. The van der Waals surface area contributed by atoms with Crippen molar-refractivity contribution in [3.63, 3.8) is 0 Å². The van der Waals surface area contributed by atoms with Gasteiger partial charge in [0, 0.05) is 13.1 Å². The van der Waals surface area contributed by atoms with Crippen LogP contribution in [-0.2, 0) is 4.74 Å². The first-order valence-corrected chi connectivity index (χ1v) is 6.75. The highest BCUT2D eigenvalue weighted by molar-refractivity contribution is 5.45. The zero-order valence-electron chi connectivity index (χ0n) is 11.2. The fourth-order valence-electron chi connectivity index (χ4n) is 2.13. The van der Waals surface area contributed by atoms with Gasteiger partial charge in [-0.15, -0.1) is 0 Å². The number of anilines is 2. The molecule has 1 atom stereocenters. The molecule has 0 amide bonds. The van der Waals surface area contributed by atoms with E-state index in [1.807, 2.05) is 6.20 Å². The number of ether oxygens (including phenoxy) is 1. The van der Waals surface area contributed by atoms with Crippen molar-refractivity contribution in [2.24, 2.45) is 0 Å². The van der Waals surface area contributed by atoms with Crippen molar-refractivity contribution < 1.29 is 4.74 Å². The molecule has 0 saturated carbocycles. The molecule has 0 aliphatic carbocycles. The average molecular weight is 250 g/mol. The molecule has 5 heteroatoms. The maximum absolute atomic E-state index is 5.51. The molecule has 1 aliphatic heterocycles. The molecule has 1 unspecified atom stereocenters. The largest absolute Gasteiger partial charge is 0.377 e. The van der Waals surface area contributed by atoms with E-state index in [9.17, 15) is 0 Å². The zero-order valence-corrected chi connectivity index (χ0v) is 11.2. The van der Waals surface area contributed by atoms with Gasteiger partial charge in [0.25, 0.3) is 0 Å². The number of aromatic nitrogens is 2. The first-order valence-electron chi connectivity index (χ1n) is 6.75. The Hall–Kier alpha value is -1.36. The highest BCUT2D eigenvalue weighted by atomic mass is 16.5. The lowest BCUT2D eigenvalue weighted by Crippen LogP contribution is -2.45. The van der Waals surface area contributed by atoms with Gasteiger partial charge >= 0.3 is 0 Å². The van der Waals surface area contributed by atoms with Crippen LogP contribution >= 0.6 is 0 Å². The molecule has 2 heterocycles. The summed E-state index contributed by atoms with van der Waals surface area (Å²) in [7, 11) is 0. The van der Waals surface area contributed by atoms with Crippen LogP contribution in [0, 0.1) is 0 Å². The zero-order chi connectivity index (χ0) is 12.8. The van der Waals surface area contributed by atoms with Gasteiger partial charge in [0.05, 0.1) is 31.6 Å². The lowest BCUT2D eigenvalue weighted by atomic mass is 10.2. The Balaban J connectivity index is 2.10. The first-order chi connectivity index (χ1) is 8.85. The minimum absolute atomic E-state index is 0.412. The van der Waals surface area contributed by atoms with Crippen LogP contribution in [0.4, 0.5) is 11.6 Å². The molecule has 5 nitrogen and oxygen atoms in total. The van der Waals surface area contributed by atoms with Gasteiger partial charge in [-0.3, -0.25) is 4.98 Å². The number of morpholine rings is 1. The Kier molecular flexibility index (Phi) is 4.75. The number of rotatable bonds is 5. The molecule has 100 valence electrons. The fraction of sp³-hybridized carbons (Fsp3) is 0.692. The molecule has 0 aromatic carbocycles. The smallest absolute Gasteiger partial charge is 0.149 e. The lowest BCUT2D eigenvalue weighted by Gasteiger charge is -2.35. The third-order valence-corrected chi connectivity index (χ3v) is 3.17. The molecule has 1 N–H and O–H groups in total. The molecule has 0 spiro atoms. The van der Waals surface area contributed by atoms with Gasteiger partial charge < -0.3 is 15.0 Å². The first kappa shape index (κ1) is 13.1. The van der Waals surface area contributed by atoms with Crippen molar-refractivity contribution in [3.8, 4) is 0 Å². The van der Waals surface area contributed by atoms with Crippen LogP contribution in [0.15, 0.2) is 12.4 Å². The molecule has 0 bridgehead atoms. The third-order valence-electron chi connectivity index (χ3n) is 3.17. The van der Waals surface area contributed by atoms with Crippen molar-refractivity contribution in [3.05, 3.63) is 12.4 Å². The van der Waals surface area contributed by atoms with Gasteiger partial charge in [0.15, 0.2) is 0 Å². The van der Waals surface area contributed by atoms with E-state index in [1.165, 1.54) is 0 Å². The molecule has 2 rings (SSSR count). The second-order valence-corrected chi connectivity index (χ2v) is 4.52. The van der Waals surface area contributed by atoms with E-state index in [0.29, 0.717) is 6.04 Å². The molecule has 1 aromatic heterocycles. The maximum Gasteiger partial charge on any atom is 0.149 e. The van der Waals surface area contributed by atoms with E-state index in [4.69, 9.17) is 4.74 Å². The Morgan fingerprint density at radius 3 is 3.11 bits per heavy atom. The second-order valence-electron chi connectivity index (χ2n) is 4.52. The Bertz CT molecular complexity index is 372. The van der Waals surface area contributed by atoms with Crippen LogP contribution in [0.25, 0.3) is 0 Å². The molecular weight excluding hydrogens is 228 g/mol. The summed E-state index contributed by atoms with van der Waals surface area (Å²) in [5.74, 6) is 1.81. The third kappa shape index (κ3) is 3.10. The van der Waals surface area contributed by atoms with Crippen LogP contribution in [0.2, 0.25) is 0 Å². The molecule has 1 fully saturated rings. The summed E-state index contributed by atoms with van der Waals surface area (Å²) in [5, 5.41) is 3.28. The van der Waals surface area contributed by atoms with Crippen LogP contribution in [0.1, 0.15) is 26.7 Å². The standard InChI is InChI=1S/C13H22N4O/c1-3-5-15-12-8-14-9-13(16-12)17-6-7-18-10-11(17)4-2/h8-9,11H,3-7,10H2,1-2H3,(H,15,16). The summed E-state index contributed by atoms with van der Waals surface area (Å²) < 4.78 is 5.51. The van der Waals surface area contributed by atoms with Crippen molar-refractivity contribution >= 4 is 11.6 Å².